The smallest absolute Gasteiger partial charge is 0.0397 e. The number of pyridine rings is 1. The fourth-order valence-corrected chi connectivity index (χ4v) is 2.15. The minimum Gasteiger partial charge on any atom is -0.371 e. The molecule has 82 valence electrons. The van der Waals surface area contributed by atoms with Gasteiger partial charge in [-0.25, -0.2) is 0 Å². The highest BCUT2D eigenvalue weighted by Gasteiger charge is 2.33. The van der Waals surface area contributed by atoms with Crippen LogP contribution in [0, 0.1) is 5.41 Å². The Labute approximate surface area is 91.3 Å². The van der Waals surface area contributed by atoms with Gasteiger partial charge < -0.3 is 10.6 Å². The minimum atomic E-state index is 0.196. The van der Waals surface area contributed by atoms with Gasteiger partial charge in [0, 0.05) is 37.2 Å². The molecule has 0 amide bonds. The third-order valence-electron chi connectivity index (χ3n) is 3.34. The van der Waals surface area contributed by atoms with Crippen LogP contribution in [0.1, 0.15) is 20.3 Å². The van der Waals surface area contributed by atoms with E-state index in [4.69, 9.17) is 5.73 Å². The third kappa shape index (κ3) is 2.12. The lowest BCUT2D eigenvalue weighted by molar-refractivity contribution is 0.245. The molecule has 0 radical (unpaired) electrons. The molecule has 0 aliphatic carbocycles. The molecule has 0 spiro atoms. The van der Waals surface area contributed by atoms with Crippen molar-refractivity contribution >= 4 is 5.69 Å². The molecular formula is C12H19N3. The summed E-state index contributed by atoms with van der Waals surface area (Å²) in [5.74, 6) is 0. The van der Waals surface area contributed by atoms with Crippen LogP contribution in [0.15, 0.2) is 24.5 Å². The summed E-state index contributed by atoms with van der Waals surface area (Å²) in [4.78, 5) is 6.43. The van der Waals surface area contributed by atoms with E-state index in [2.05, 4.69) is 35.9 Å². The highest BCUT2D eigenvalue weighted by Crippen LogP contribution is 2.30. The normalized spacial score (nSPS) is 25.3. The Morgan fingerprint density at radius 2 is 2.07 bits per heavy atom. The molecule has 1 aliphatic rings. The maximum Gasteiger partial charge on any atom is 0.0397 e. The van der Waals surface area contributed by atoms with Gasteiger partial charge in [-0.15, -0.1) is 0 Å². The Kier molecular flexibility index (Phi) is 2.65. The molecule has 3 nitrogen and oxygen atoms in total. The molecule has 3 heteroatoms. The van der Waals surface area contributed by atoms with Crippen LogP contribution in [-0.4, -0.2) is 24.1 Å². The Morgan fingerprint density at radius 1 is 1.40 bits per heavy atom. The van der Waals surface area contributed by atoms with Crippen molar-refractivity contribution in [1.82, 2.24) is 4.98 Å². The van der Waals surface area contributed by atoms with Crippen LogP contribution in [0.25, 0.3) is 0 Å². The Hall–Kier alpha value is -1.09. The van der Waals surface area contributed by atoms with Gasteiger partial charge in [0.15, 0.2) is 0 Å². The van der Waals surface area contributed by atoms with Crippen molar-refractivity contribution in [2.75, 3.05) is 18.0 Å². The van der Waals surface area contributed by atoms with Gasteiger partial charge in [-0.1, -0.05) is 13.8 Å². The van der Waals surface area contributed by atoms with E-state index in [0.717, 1.165) is 19.5 Å². The maximum absolute atomic E-state index is 6.11. The standard InChI is InChI=1S/C12H19N3/c1-12(2)9-15(8-5-11(12)13)10-3-6-14-7-4-10/h3-4,6-7,11H,5,8-9,13H2,1-2H3. The van der Waals surface area contributed by atoms with E-state index in [9.17, 15) is 0 Å². The zero-order valence-electron chi connectivity index (χ0n) is 9.48. The first-order valence-electron chi connectivity index (χ1n) is 5.50. The lowest BCUT2D eigenvalue weighted by atomic mass is 9.79. The Balaban J connectivity index is 2.14. The van der Waals surface area contributed by atoms with Crippen molar-refractivity contribution in [3.8, 4) is 0 Å². The van der Waals surface area contributed by atoms with Gasteiger partial charge in [-0.05, 0) is 24.0 Å². The van der Waals surface area contributed by atoms with Crippen LogP contribution in [-0.2, 0) is 0 Å². The van der Waals surface area contributed by atoms with E-state index in [1.165, 1.54) is 5.69 Å². The van der Waals surface area contributed by atoms with Crippen LogP contribution in [0.3, 0.4) is 0 Å². The predicted octanol–water partition coefficient (Wildman–Crippen LogP) is 1.65. The summed E-state index contributed by atoms with van der Waals surface area (Å²) in [7, 11) is 0. The van der Waals surface area contributed by atoms with E-state index >= 15 is 0 Å². The molecular weight excluding hydrogens is 186 g/mol. The summed E-state index contributed by atoms with van der Waals surface area (Å²) in [6, 6.07) is 4.44. The average Bonchev–Trinajstić information content (AvgIpc) is 2.23. The zero-order chi connectivity index (χ0) is 10.9. The highest BCUT2D eigenvalue weighted by molar-refractivity contribution is 5.45. The van der Waals surface area contributed by atoms with E-state index < -0.39 is 0 Å². The Morgan fingerprint density at radius 3 is 2.67 bits per heavy atom. The van der Waals surface area contributed by atoms with Crippen LogP contribution >= 0.6 is 0 Å². The molecule has 2 N–H and O–H groups in total. The molecule has 1 aromatic rings. The maximum atomic E-state index is 6.11. The molecule has 1 aromatic heterocycles. The quantitative estimate of drug-likeness (QED) is 0.758. The Bertz CT molecular complexity index is 321. The second-order valence-corrected chi connectivity index (χ2v) is 5.01. The first kappa shape index (κ1) is 10.4. The second kappa shape index (κ2) is 3.81. The molecule has 15 heavy (non-hydrogen) atoms. The number of hydrogen-bond acceptors (Lipinski definition) is 3. The van der Waals surface area contributed by atoms with E-state index in [-0.39, 0.29) is 5.41 Å². The predicted molar refractivity (Wildman–Crippen MR) is 62.8 cm³/mol. The van der Waals surface area contributed by atoms with E-state index in [1.54, 1.807) is 0 Å². The first-order chi connectivity index (χ1) is 7.09. The molecule has 2 heterocycles. The number of nitrogens with two attached hydrogens (primary N) is 1. The number of aromatic nitrogens is 1. The van der Waals surface area contributed by atoms with Crippen molar-refractivity contribution in [2.24, 2.45) is 11.1 Å². The second-order valence-electron chi connectivity index (χ2n) is 5.01. The number of hydrogen-bond donors (Lipinski definition) is 1. The molecule has 1 fully saturated rings. The van der Waals surface area contributed by atoms with Crippen LogP contribution in [0.5, 0.6) is 0 Å². The zero-order valence-corrected chi connectivity index (χ0v) is 9.48. The number of nitrogens with zero attached hydrogens (tertiary/aromatic N) is 2. The number of anilines is 1. The number of piperidine rings is 1. The van der Waals surface area contributed by atoms with Crippen molar-refractivity contribution in [1.29, 1.82) is 0 Å². The molecule has 2 rings (SSSR count). The van der Waals surface area contributed by atoms with Gasteiger partial charge in [0.2, 0.25) is 0 Å². The van der Waals surface area contributed by atoms with Gasteiger partial charge in [-0.2, -0.15) is 0 Å². The molecule has 0 saturated carbocycles. The van der Waals surface area contributed by atoms with Crippen molar-refractivity contribution in [3.63, 3.8) is 0 Å². The first-order valence-corrected chi connectivity index (χ1v) is 5.50. The molecule has 0 aromatic carbocycles. The van der Waals surface area contributed by atoms with Gasteiger partial charge in [-0.3, -0.25) is 4.98 Å². The summed E-state index contributed by atoms with van der Waals surface area (Å²) in [5, 5.41) is 0. The topological polar surface area (TPSA) is 42.2 Å². The summed E-state index contributed by atoms with van der Waals surface area (Å²) in [5.41, 5.74) is 7.56. The van der Waals surface area contributed by atoms with Crippen LogP contribution < -0.4 is 10.6 Å². The van der Waals surface area contributed by atoms with Crippen molar-refractivity contribution in [2.45, 2.75) is 26.3 Å². The van der Waals surface area contributed by atoms with Crippen molar-refractivity contribution in [3.05, 3.63) is 24.5 Å². The molecule has 0 bridgehead atoms. The fraction of sp³-hybridized carbons (Fsp3) is 0.583. The summed E-state index contributed by atoms with van der Waals surface area (Å²) in [6.45, 7) is 6.56. The molecule has 1 aliphatic heterocycles. The summed E-state index contributed by atoms with van der Waals surface area (Å²) < 4.78 is 0. The van der Waals surface area contributed by atoms with Gasteiger partial charge >= 0.3 is 0 Å². The van der Waals surface area contributed by atoms with E-state index in [1.807, 2.05) is 12.4 Å². The van der Waals surface area contributed by atoms with Crippen LogP contribution in [0.2, 0.25) is 0 Å². The SMILES string of the molecule is CC1(C)CN(c2ccncc2)CCC1N. The number of rotatable bonds is 1. The van der Waals surface area contributed by atoms with Gasteiger partial charge in [0.1, 0.15) is 0 Å². The average molecular weight is 205 g/mol. The monoisotopic (exact) mass is 205 g/mol. The molecule has 1 atom stereocenters. The molecule has 1 unspecified atom stereocenters. The lowest BCUT2D eigenvalue weighted by Gasteiger charge is -2.43. The lowest BCUT2D eigenvalue weighted by Crippen LogP contribution is -2.52. The van der Waals surface area contributed by atoms with Crippen LogP contribution in [0.4, 0.5) is 5.69 Å². The van der Waals surface area contributed by atoms with Gasteiger partial charge in [0.25, 0.3) is 0 Å². The highest BCUT2D eigenvalue weighted by atomic mass is 15.2. The fourth-order valence-electron chi connectivity index (χ4n) is 2.15. The largest absolute Gasteiger partial charge is 0.371 e. The molecule has 1 saturated heterocycles. The minimum absolute atomic E-state index is 0.196. The van der Waals surface area contributed by atoms with Crippen molar-refractivity contribution < 1.29 is 0 Å². The third-order valence-corrected chi connectivity index (χ3v) is 3.34. The summed E-state index contributed by atoms with van der Waals surface area (Å²) >= 11 is 0. The summed E-state index contributed by atoms with van der Waals surface area (Å²) in [6.07, 6.45) is 4.75. The van der Waals surface area contributed by atoms with Gasteiger partial charge in [0.05, 0.1) is 0 Å². The van der Waals surface area contributed by atoms with E-state index in [0.29, 0.717) is 6.04 Å².